The van der Waals surface area contributed by atoms with E-state index in [4.69, 9.17) is 5.26 Å². The second-order valence-corrected chi connectivity index (χ2v) is 5.04. The number of hydrogen-bond acceptors (Lipinski definition) is 3. The zero-order chi connectivity index (χ0) is 14.7. The fraction of sp³-hybridized carbons (Fsp3) is 0.176. The van der Waals surface area contributed by atoms with Gasteiger partial charge in [0.15, 0.2) is 0 Å². The predicted octanol–water partition coefficient (Wildman–Crippen LogP) is 2.56. The Hall–Kier alpha value is -2.80. The van der Waals surface area contributed by atoms with Crippen LogP contribution >= 0.6 is 0 Å². The van der Waals surface area contributed by atoms with E-state index in [1.807, 2.05) is 18.2 Å². The molecule has 1 N–H and O–H groups in total. The van der Waals surface area contributed by atoms with Crippen molar-refractivity contribution in [3.63, 3.8) is 0 Å². The maximum absolute atomic E-state index is 12.1. The van der Waals surface area contributed by atoms with Crippen LogP contribution in [0.2, 0.25) is 0 Å². The smallest absolute Gasteiger partial charge is 0.243 e. The van der Waals surface area contributed by atoms with E-state index in [1.54, 1.807) is 24.3 Å². The summed E-state index contributed by atoms with van der Waals surface area (Å²) in [6.45, 7) is 1.19. The molecule has 0 atom stereocenters. The Bertz CT molecular complexity index is 718. The summed E-state index contributed by atoms with van der Waals surface area (Å²) in [5.41, 5.74) is 3.63. The summed E-state index contributed by atoms with van der Waals surface area (Å²) in [6.07, 6.45) is 0.980. The summed E-state index contributed by atoms with van der Waals surface area (Å²) >= 11 is 0. The van der Waals surface area contributed by atoms with Crippen molar-refractivity contribution < 1.29 is 4.79 Å². The third kappa shape index (κ3) is 2.87. The molecule has 0 bridgehead atoms. The van der Waals surface area contributed by atoms with Gasteiger partial charge in [-0.25, -0.2) is 0 Å². The molecule has 3 rings (SSSR count). The second-order valence-electron chi connectivity index (χ2n) is 5.04. The molecule has 1 aliphatic rings. The largest absolute Gasteiger partial charge is 0.362 e. The zero-order valence-electron chi connectivity index (χ0n) is 11.5. The highest BCUT2D eigenvalue weighted by Gasteiger charge is 2.20. The van der Waals surface area contributed by atoms with E-state index < -0.39 is 0 Å². The molecule has 0 spiro atoms. The van der Waals surface area contributed by atoms with Crippen molar-refractivity contribution in [2.75, 3.05) is 23.3 Å². The second kappa shape index (κ2) is 5.68. The molecule has 0 saturated carbocycles. The average molecular weight is 277 g/mol. The van der Waals surface area contributed by atoms with Gasteiger partial charge < -0.3 is 10.2 Å². The predicted molar refractivity (Wildman–Crippen MR) is 82.1 cm³/mol. The standard InChI is InChI=1S/C17H15N3O/c18-11-13-4-3-6-15(10-13)19-17(21)12-20-9-8-14-5-1-2-7-16(14)20/h1-7,10H,8-9,12H2,(H,19,21). The van der Waals surface area contributed by atoms with E-state index in [-0.39, 0.29) is 5.91 Å². The van der Waals surface area contributed by atoms with Gasteiger partial charge in [0.25, 0.3) is 0 Å². The van der Waals surface area contributed by atoms with Crippen molar-refractivity contribution in [2.45, 2.75) is 6.42 Å². The monoisotopic (exact) mass is 277 g/mol. The molecule has 2 aromatic rings. The van der Waals surface area contributed by atoms with Crippen molar-refractivity contribution >= 4 is 17.3 Å². The average Bonchev–Trinajstić information content (AvgIpc) is 2.91. The summed E-state index contributed by atoms with van der Waals surface area (Å²) in [4.78, 5) is 14.2. The quantitative estimate of drug-likeness (QED) is 0.938. The Balaban J connectivity index is 1.66. The minimum atomic E-state index is -0.0678. The van der Waals surface area contributed by atoms with Gasteiger partial charge in [-0.2, -0.15) is 5.26 Å². The van der Waals surface area contributed by atoms with Crippen molar-refractivity contribution in [3.8, 4) is 6.07 Å². The van der Waals surface area contributed by atoms with E-state index in [0.29, 0.717) is 17.8 Å². The molecular weight excluding hydrogens is 262 g/mol. The Kier molecular flexibility index (Phi) is 3.57. The number of fused-ring (bicyclic) bond motifs is 1. The topological polar surface area (TPSA) is 56.1 Å². The van der Waals surface area contributed by atoms with Crippen molar-refractivity contribution in [1.82, 2.24) is 0 Å². The number of nitrogens with zero attached hydrogens (tertiary/aromatic N) is 2. The normalized spacial score (nSPS) is 12.6. The highest BCUT2D eigenvalue weighted by molar-refractivity contribution is 5.94. The van der Waals surface area contributed by atoms with E-state index in [2.05, 4.69) is 22.4 Å². The molecule has 4 heteroatoms. The van der Waals surface area contributed by atoms with Crippen molar-refractivity contribution in [3.05, 3.63) is 59.7 Å². The van der Waals surface area contributed by atoms with E-state index in [0.717, 1.165) is 18.7 Å². The Labute approximate surface area is 123 Å². The van der Waals surface area contributed by atoms with Crippen LogP contribution < -0.4 is 10.2 Å². The fourth-order valence-corrected chi connectivity index (χ4v) is 2.61. The molecule has 0 saturated heterocycles. The molecule has 21 heavy (non-hydrogen) atoms. The third-order valence-corrected chi connectivity index (χ3v) is 3.59. The maximum Gasteiger partial charge on any atom is 0.243 e. The molecule has 1 aliphatic heterocycles. The number of carbonyl (C=O) groups excluding carboxylic acids is 1. The minimum Gasteiger partial charge on any atom is -0.362 e. The number of nitriles is 1. The number of carbonyl (C=O) groups is 1. The Morgan fingerprint density at radius 3 is 2.95 bits per heavy atom. The molecular formula is C17H15N3O. The first kappa shape index (κ1) is 13.2. The molecule has 1 heterocycles. The van der Waals surface area contributed by atoms with E-state index in [1.165, 1.54) is 5.56 Å². The Morgan fingerprint density at radius 2 is 2.10 bits per heavy atom. The molecule has 1 amide bonds. The van der Waals surface area contributed by atoms with Crippen LogP contribution in [-0.2, 0) is 11.2 Å². The lowest BCUT2D eigenvalue weighted by Gasteiger charge is -2.18. The molecule has 0 radical (unpaired) electrons. The van der Waals surface area contributed by atoms with Crippen LogP contribution in [0.3, 0.4) is 0 Å². The fourth-order valence-electron chi connectivity index (χ4n) is 2.61. The van der Waals surface area contributed by atoms with E-state index in [9.17, 15) is 4.79 Å². The van der Waals surface area contributed by atoms with Crippen LogP contribution in [0.1, 0.15) is 11.1 Å². The van der Waals surface area contributed by atoms with Crippen LogP contribution in [-0.4, -0.2) is 19.0 Å². The van der Waals surface area contributed by atoms with Gasteiger partial charge in [0, 0.05) is 17.9 Å². The molecule has 0 aliphatic carbocycles. The lowest BCUT2D eigenvalue weighted by Crippen LogP contribution is -2.31. The number of nitrogens with one attached hydrogen (secondary N) is 1. The summed E-state index contributed by atoms with van der Waals surface area (Å²) < 4.78 is 0. The van der Waals surface area contributed by atoms with Crippen LogP contribution in [0.25, 0.3) is 0 Å². The van der Waals surface area contributed by atoms with Crippen LogP contribution in [0.5, 0.6) is 0 Å². The Morgan fingerprint density at radius 1 is 1.24 bits per heavy atom. The van der Waals surface area contributed by atoms with Crippen LogP contribution in [0.4, 0.5) is 11.4 Å². The maximum atomic E-state index is 12.1. The third-order valence-electron chi connectivity index (χ3n) is 3.59. The molecule has 104 valence electrons. The van der Waals surface area contributed by atoms with Gasteiger partial charge in [0.2, 0.25) is 5.91 Å². The number of amides is 1. The first-order chi connectivity index (χ1) is 10.3. The van der Waals surface area contributed by atoms with E-state index >= 15 is 0 Å². The summed E-state index contributed by atoms with van der Waals surface area (Å²) in [7, 11) is 0. The van der Waals surface area contributed by atoms with Crippen LogP contribution in [0, 0.1) is 11.3 Å². The van der Waals surface area contributed by atoms with Crippen molar-refractivity contribution in [2.24, 2.45) is 0 Å². The lowest BCUT2D eigenvalue weighted by molar-refractivity contribution is -0.115. The molecule has 2 aromatic carbocycles. The lowest BCUT2D eigenvalue weighted by atomic mass is 10.2. The first-order valence-electron chi connectivity index (χ1n) is 6.89. The van der Waals surface area contributed by atoms with Gasteiger partial charge in [0.1, 0.15) is 0 Å². The summed E-state index contributed by atoms with van der Waals surface area (Å²) in [6, 6.07) is 17.2. The first-order valence-corrected chi connectivity index (χ1v) is 6.89. The van der Waals surface area contributed by atoms with Crippen molar-refractivity contribution in [1.29, 1.82) is 5.26 Å². The number of rotatable bonds is 3. The number of hydrogen-bond donors (Lipinski definition) is 1. The highest BCUT2D eigenvalue weighted by Crippen LogP contribution is 2.26. The molecule has 0 aromatic heterocycles. The zero-order valence-corrected chi connectivity index (χ0v) is 11.5. The van der Waals surface area contributed by atoms with Gasteiger partial charge in [-0.3, -0.25) is 4.79 Å². The number of benzene rings is 2. The summed E-state index contributed by atoms with van der Waals surface area (Å²) in [5.74, 6) is -0.0678. The van der Waals surface area contributed by atoms with Gasteiger partial charge in [0.05, 0.1) is 18.2 Å². The number of anilines is 2. The minimum absolute atomic E-state index is 0.0678. The van der Waals surface area contributed by atoms with Crippen LogP contribution in [0.15, 0.2) is 48.5 Å². The van der Waals surface area contributed by atoms with Gasteiger partial charge in [-0.15, -0.1) is 0 Å². The van der Waals surface area contributed by atoms with Gasteiger partial charge in [-0.1, -0.05) is 24.3 Å². The number of para-hydroxylation sites is 1. The summed E-state index contributed by atoms with van der Waals surface area (Å²) in [5, 5.41) is 11.7. The van der Waals surface area contributed by atoms with Gasteiger partial charge in [-0.05, 0) is 36.2 Å². The van der Waals surface area contributed by atoms with Gasteiger partial charge >= 0.3 is 0 Å². The molecule has 0 fully saturated rings. The molecule has 0 unspecified atom stereocenters. The molecule has 4 nitrogen and oxygen atoms in total. The highest BCUT2D eigenvalue weighted by atomic mass is 16.2. The SMILES string of the molecule is N#Cc1cccc(NC(=O)CN2CCc3ccccc32)c1.